The maximum Gasteiger partial charge on any atom is 0.254 e. The molecule has 41 heavy (non-hydrogen) atoms. The Balaban J connectivity index is 1.32. The average molecular weight is 557 g/mol. The van der Waals surface area contributed by atoms with Gasteiger partial charge >= 0.3 is 0 Å². The number of nitrogens with one attached hydrogen (secondary N) is 1. The molecule has 0 radical (unpaired) electrons. The number of likely N-dealkylation sites (tertiary alicyclic amines) is 1. The van der Waals surface area contributed by atoms with Crippen LogP contribution in [0, 0.1) is 0 Å². The van der Waals surface area contributed by atoms with Crippen molar-refractivity contribution in [3.63, 3.8) is 0 Å². The van der Waals surface area contributed by atoms with Gasteiger partial charge in [0.15, 0.2) is 0 Å². The normalized spacial score (nSPS) is 17.0. The fraction of sp³-hybridized carbons (Fsp3) is 0.344. The van der Waals surface area contributed by atoms with Crippen molar-refractivity contribution in [3.8, 4) is 11.5 Å². The van der Waals surface area contributed by atoms with Crippen molar-refractivity contribution >= 4 is 23.4 Å². The minimum absolute atomic E-state index is 0.0344. The molecule has 1 unspecified atom stereocenters. The van der Waals surface area contributed by atoms with Crippen LogP contribution in [0.3, 0.4) is 0 Å². The molecule has 214 valence electrons. The van der Waals surface area contributed by atoms with E-state index in [9.17, 15) is 14.4 Å². The molecule has 1 spiro atoms. The molecule has 2 heterocycles. The van der Waals surface area contributed by atoms with Crippen molar-refractivity contribution < 1.29 is 23.9 Å². The van der Waals surface area contributed by atoms with Crippen LogP contribution in [-0.4, -0.2) is 73.6 Å². The van der Waals surface area contributed by atoms with E-state index in [1.165, 1.54) is 0 Å². The minimum atomic E-state index is -0.838. The molecule has 0 bridgehead atoms. The van der Waals surface area contributed by atoms with Crippen LogP contribution >= 0.6 is 0 Å². The maximum absolute atomic E-state index is 14.0. The van der Waals surface area contributed by atoms with Gasteiger partial charge in [-0.05, 0) is 49.6 Å². The second kappa shape index (κ2) is 11.9. The Kier molecular flexibility index (Phi) is 8.14. The lowest BCUT2D eigenvalue weighted by Crippen LogP contribution is -2.57. The van der Waals surface area contributed by atoms with Gasteiger partial charge in [0.05, 0.1) is 26.9 Å². The smallest absolute Gasteiger partial charge is 0.254 e. The summed E-state index contributed by atoms with van der Waals surface area (Å²) in [6.45, 7) is 3.00. The molecule has 0 saturated carbocycles. The number of nitrogens with zero attached hydrogens (tertiary/aromatic N) is 3. The van der Waals surface area contributed by atoms with E-state index >= 15 is 0 Å². The summed E-state index contributed by atoms with van der Waals surface area (Å²) in [5.74, 6) is 0.647. The van der Waals surface area contributed by atoms with Crippen LogP contribution < -0.4 is 19.7 Å². The fourth-order valence-corrected chi connectivity index (χ4v) is 5.80. The summed E-state index contributed by atoms with van der Waals surface area (Å²) in [6.07, 6.45) is 0.901. The number of para-hydroxylation sites is 1. The van der Waals surface area contributed by atoms with Crippen molar-refractivity contribution in [2.45, 2.75) is 31.3 Å². The summed E-state index contributed by atoms with van der Waals surface area (Å²) in [5.41, 5.74) is 1.55. The number of anilines is 1. The third-order valence-corrected chi connectivity index (χ3v) is 8.07. The molecule has 2 aliphatic rings. The molecule has 1 N–H and O–H groups in total. The molecule has 9 nitrogen and oxygen atoms in total. The Hall–Kier alpha value is -4.53. The van der Waals surface area contributed by atoms with Gasteiger partial charge in [0.1, 0.15) is 23.6 Å². The topological polar surface area (TPSA) is 91.4 Å². The SMILES string of the molecule is COc1cc(OC)cc(C(=O)N2CCC3(CC2)C(=O)N(CC(=O)NC(C)c2ccccc2)CN3c2ccccc2)c1. The lowest BCUT2D eigenvalue weighted by molar-refractivity contribution is -0.137. The highest BCUT2D eigenvalue weighted by Crippen LogP contribution is 2.40. The van der Waals surface area contributed by atoms with Gasteiger partial charge in [0, 0.05) is 30.4 Å². The summed E-state index contributed by atoms with van der Waals surface area (Å²) in [5, 5.41) is 3.02. The summed E-state index contributed by atoms with van der Waals surface area (Å²) >= 11 is 0. The molecule has 9 heteroatoms. The van der Waals surface area contributed by atoms with Gasteiger partial charge in [-0.1, -0.05) is 48.5 Å². The number of piperidine rings is 1. The molecule has 3 aromatic rings. The number of methoxy groups -OCH3 is 2. The lowest BCUT2D eigenvalue weighted by Gasteiger charge is -2.43. The molecule has 2 aliphatic heterocycles. The molecule has 3 amide bonds. The number of hydrogen-bond acceptors (Lipinski definition) is 6. The number of rotatable bonds is 8. The number of carbonyl (C=O) groups is 3. The average Bonchev–Trinajstić information content (AvgIpc) is 3.27. The van der Waals surface area contributed by atoms with E-state index in [1.807, 2.05) is 67.6 Å². The quantitative estimate of drug-likeness (QED) is 0.453. The van der Waals surface area contributed by atoms with E-state index in [0.717, 1.165) is 11.3 Å². The minimum Gasteiger partial charge on any atom is -0.497 e. The predicted octanol–water partition coefficient (Wildman–Crippen LogP) is 3.86. The molecule has 3 aromatic carbocycles. The first-order chi connectivity index (χ1) is 19.8. The van der Waals surface area contributed by atoms with Gasteiger partial charge < -0.3 is 29.5 Å². The lowest BCUT2D eigenvalue weighted by atomic mass is 9.85. The second-order valence-corrected chi connectivity index (χ2v) is 10.5. The summed E-state index contributed by atoms with van der Waals surface area (Å²) in [6, 6.07) is 24.5. The van der Waals surface area contributed by atoms with Gasteiger partial charge in [-0.15, -0.1) is 0 Å². The van der Waals surface area contributed by atoms with Crippen molar-refractivity contribution in [3.05, 3.63) is 90.0 Å². The van der Waals surface area contributed by atoms with Gasteiger partial charge in [0.2, 0.25) is 5.91 Å². The van der Waals surface area contributed by atoms with Gasteiger partial charge in [-0.2, -0.15) is 0 Å². The van der Waals surface area contributed by atoms with Crippen LogP contribution in [0.15, 0.2) is 78.9 Å². The Morgan fingerprint density at radius 2 is 1.49 bits per heavy atom. The first-order valence-electron chi connectivity index (χ1n) is 13.8. The van der Waals surface area contributed by atoms with E-state index in [0.29, 0.717) is 49.7 Å². The third-order valence-electron chi connectivity index (χ3n) is 8.07. The van der Waals surface area contributed by atoms with E-state index in [-0.39, 0.29) is 30.3 Å². The van der Waals surface area contributed by atoms with E-state index in [2.05, 4.69) is 10.2 Å². The third kappa shape index (κ3) is 5.70. The Morgan fingerprint density at radius 1 is 0.902 bits per heavy atom. The van der Waals surface area contributed by atoms with Crippen LogP contribution in [0.25, 0.3) is 0 Å². The number of ether oxygens (including phenoxy) is 2. The maximum atomic E-state index is 14.0. The van der Waals surface area contributed by atoms with Crippen molar-refractivity contribution in [2.24, 2.45) is 0 Å². The summed E-state index contributed by atoms with van der Waals surface area (Å²) in [7, 11) is 3.10. The molecule has 0 aliphatic carbocycles. The molecule has 5 rings (SSSR count). The second-order valence-electron chi connectivity index (χ2n) is 10.5. The Bertz CT molecular complexity index is 1370. The van der Waals surface area contributed by atoms with Crippen LogP contribution in [0.1, 0.15) is 41.7 Å². The Labute approximate surface area is 240 Å². The van der Waals surface area contributed by atoms with E-state index in [4.69, 9.17) is 9.47 Å². The van der Waals surface area contributed by atoms with Gasteiger partial charge in [-0.25, -0.2) is 0 Å². The monoisotopic (exact) mass is 556 g/mol. The van der Waals surface area contributed by atoms with Gasteiger partial charge in [-0.3, -0.25) is 14.4 Å². The Morgan fingerprint density at radius 3 is 2.07 bits per heavy atom. The zero-order chi connectivity index (χ0) is 29.0. The van der Waals surface area contributed by atoms with Crippen LogP contribution in [0.4, 0.5) is 5.69 Å². The first-order valence-corrected chi connectivity index (χ1v) is 13.8. The molecule has 2 saturated heterocycles. The van der Waals surface area contributed by atoms with Crippen molar-refractivity contribution in [1.82, 2.24) is 15.1 Å². The van der Waals surface area contributed by atoms with Crippen molar-refractivity contribution in [2.75, 3.05) is 45.4 Å². The number of benzene rings is 3. The zero-order valence-corrected chi connectivity index (χ0v) is 23.7. The molecule has 0 aromatic heterocycles. The number of amides is 3. The van der Waals surface area contributed by atoms with Crippen LogP contribution in [0.2, 0.25) is 0 Å². The number of carbonyl (C=O) groups excluding carboxylic acids is 3. The van der Waals surface area contributed by atoms with Crippen molar-refractivity contribution in [1.29, 1.82) is 0 Å². The largest absolute Gasteiger partial charge is 0.497 e. The summed E-state index contributed by atoms with van der Waals surface area (Å²) < 4.78 is 10.7. The highest BCUT2D eigenvalue weighted by atomic mass is 16.5. The predicted molar refractivity (Wildman–Crippen MR) is 156 cm³/mol. The molecular formula is C32H36N4O5. The van der Waals surface area contributed by atoms with Crippen LogP contribution in [0.5, 0.6) is 11.5 Å². The molecule has 2 fully saturated rings. The van der Waals surface area contributed by atoms with E-state index < -0.39 is 5.54 Å². The van der Waals surface area contributed by atoms with E-state index in [1.54, 1.807) is 42.2 Å². The highest BCUT2D eigenvalue weighted by molar-refractivity contribution is 5.98. The molecular weight excluding hydrogens is 520 g/mol. The standard InChI is InChI=1S/C32H36N4O5/c1-23(24-10-6-4-7-11-24)33-29(37)21-35-22-36(26-12-8-5-9-13-26)32(31(35)39)14-16-34(17-15-32)30(38)25-18-27(40-2)20-28(19-25)41-3/h4-13,18-20,23H,14-17,21-22H2,1-3H3,(H,33,37). The van der Waals surface area contributed by atoms with Gasteiger partial charge in [0.25, 0.3) is 11.8 Å². The first kappa shape index (κ1) is 28.0. The highest BCUT2D eigenvalue weighted by Gasteiger charge is 2.54. The number of hydrogen-bond donors (Lipinski definition) is 1. The van der Waals surface area contributed by atoms with Crippen LogP contribution in [-0.2, 0) is 9.59 Å². The zero-order valence-electron chi connectivity index (χ0n) is 23.7. The molecule has 1 atom stereocenters. The fourth-order valence-electron chi connectivity index (χ4n) is 5.80. The summed E-state index contributed by atoms with van der Waals surface area (Å²) in [4.78, 5) is 46.0.